The average molecular weight is 370 g/mol. The van der Waals surface area contributed by atoms with Crippen LogP contribution in [-0.2, 0) is 13.0 Å². The number of nitrogens with one attached hydrogen (secondary N) is 1. The lowest BCUT2D eigenvalue weighted by molar-refractivity contribution is 0.00316. The molecule has 2 aliphatic rings. The van der Waals surface area contributed by atoms with Gasteiger partial charge in [-0.25, -0.2) is 4.79 Å². The lowest BCUT2D eigenvalue weighted by Crippen LogP contribution is -2.62. The van der Waals surface area contributed by atoms with Crippen LogP contribution < -0.4 is 15.7 Å². The van der Waals surface area contributed by atoms with E-state index in [1.165, 1.54) is 0 Å². The van der Waals surface area contributed by atoms with E-state index in [1.807, 2.05) is 12.1 Å². The third kappa shape index (κ3) is 3.50. The van der Waals surface area contributed by atoms with Gasteiger partial charge in [-0.1, -0.05) is 6.92 Å². The molecule has 1 N–H and O–H groups in total. The number of aryl methyl sites for hydroxylation is 1. The van der Waals surface area contributed by atoms with Gasteiger partial charge in [0, 0.05) is 35.1 Å². The first kappa shape index (κ1) is 18.5. The number of nitrogens with zero attached hydrogens (tertiary/aromatic N) is 1. The Kier molecular flexibility index (Phi) is 4.35. The molecule has 146 valence electrons. The fourth-order valence-electron chi connectivity index (χ4n) is 5.07. The van der Waals surface area contributed by atoms with Gasteiger partial charge < -0.3 is 14.5 Å². The van der Waals surface area contributed by atoms with E-state index in [-0.39, 0.29) is 16.7 Å². The maximum atomic E-state index is 12.1. The van der Waals surface area contributed by atoms with Crippen molar-refractivity contribution >= 4 is 11.0 Å². The highest BCUT2D eigenvalue weighted by molar-refractivity contribution is 5.85. The molecule has 2 aromatic rings. The molecule has 0 atom stereocenters. The number of ether oxygens (including phenoxy) is 1. The summed E-state index contributed by atoms with van der Waals surface area (Å²) in [5, 5.41) is 4.77. The highest BCUT2D eigenvalue weighted by atomic mass is 16.5. The van der Waals surface area contributed by atoms with E-state index in [0.29, 0.717) is 18.4 Å². The molecule has 0 bridgehead atoms. The number of rotatable bonds is 2. The largest absolute Gasteiger partial charge is 0.478 e. The zero-order valence-corrected chi connectivity index (χ0v) is 17.0. The van der Waals surface area contributed by atoms with Crippen molar-refractivity contribution < 1.29 is 9.15 Å². The zero-order valence-electron chi connectivity index (χ0n) is 17.0. The van der Waals surface area contributed by atoms with Crippen LogP contribution in [0.25, 0.3) is 11.0 Å². The van der Waals surface area contributed by atoms with Crippen LogP contribution in [0.15, 0.2) is 27.4 Å². The Morgan fingerprint density at radius 1 is 1.19 bits per heavy atom. The van der Waals surface area contributed by atoms with Gasteiger partial charge >= 0.3 is 5.63 Å². The SMILES string of the molecule is CCc1cc(=O)oc2c3c(ccc12)OCN(C1CC(C)(C)NC(C)(C)C1)C3. The van der Waals surface area contributed by atoms with Gasteiger partial charge in [0.05, 0.1) is 5.56 Å². The minimum Gasteiger partial charge on any atom is -0.478 e. The summed E-state index contributed by atoms with van der Waals surface area (Å²) >= 11 is 0. The first-order chi connectivity index (χ1) is 12.7. The lowest BCUT2D eigenvalue weighted by Gasteiger charge is -2.50. The summed E-state index contributed by atoms with van der Waals surface area (Å²) in [6.45, 7) is 12.5. The molecule has 0 radical (unpaired) electrons. The summed E-state index contributed by atoms with van der Waals surface area (Å²) in [5.41, 5.74) is 2.59. The summed E-state index contributed by atoms with van der Waals surface area (Å²) < 4.78 is 11.7. The second-order valence-electron chi connectivity index (χ2n) is 9.34. The van der Waals surface area contributed by atoms with E-state index < -0.39 is 0 Å². The summed E-state index contributed by atoms with van der Waals surface area (Å²) in [7, 11) is 0. The van der Waals surface area contributed by atoms with Gasteiger partial charge in [-0.3, -0.25) is 4.90 Å². The predicted molar refractivity (Wildman–Crippen MR) is 107 cm³/mol. The third-order valence-corrected chi connectivity index (χ3v) is 5.87. The first-order valence-electron chi connectivity index (χ1n) is 9.92. The number of fused-ring (bicyclic) bond motifs is 3. The Labute approximate surface area is 160 Å². The van der Waals surface area contributed by atoms with Gasteiger partial charge in [0.2, 0.25) is 0 Å². The van der Waals surface area contributed by atoms with Crippen molar-refractivity contribution in [1.29, 1.82) is 0 Å². The van der Waals surface area contributed by atoms with Crippen LogP contribution in [0.4, 0.5) is 0 Å². The van der Waals surface area contributed by atoms with Crippen LogP contribution in [-0.4, -0.2) is 28.8 Å². The molecule has 2 aliphatic heterocycles. The van der Waals surface area contributed by atoms with E-state index in [2.05, 4.69) is 44.8 Å². The van der Waals surface area contributed by atoms with Crippen LogP contribution in [0, 0.1) is 0 Å². The van der Waals surface area contributed by atoms with Gasteiger partial charge in [-0.15, -0.1) is 0 Å². The molecule has 3 heterocycles. The van der Waals surface area contributed by atoms with Crippen LogP contribution in [0.2, 0.25) is 0 Å². The second kappa shape index (κ2) is 6.35. The first-order valence-corrected chi connectivity index (χ1v) is 9.92. The van der Waals surface area contributed by atoms with Crippen LogP contribution in [0.3, 0.4) is 0 Å². The molecule has 0 amide bonds. The molecule has 1 fully saturated rings. The summed E-state index contributed by atoms with van der Waals surface area (Å²) in [4.78, 5) is 14.5. The molecule has 0 spiro atoms. The Hall–Kier alpha value is -1.85. The third-order valence-electron chi connectivity index (χ3n) is 5.87. The highest BCUT2D eigenvalue weighted by Gasteiger charge is 2.41. The molecule has 1 aromatic carbocycles. The van der Waals surface area contributed by atoms with Crippen LogP contribution >= 0.6 is 0 Å². The van der Waals surface area contributed by atoms with E-state index in [4.69, 9.17) is 9.15 Å². The molecule has 4 rings (SSSR count). The molecule has 0 saturated carbocycles. The van der Waals surface area contributed by atoms with Gasteiger partial charge in [0.1, 0.15) is 18.1 Å². The van der Waals surface area contributed by atoms with Crippen molar-refractivity contribution in [1.82, 2.24) is 10.2 Å². The van der Waals surface area contributed by atoms with Crippen molar-refractivity contribution in [2.45, 2.75) is 77.5 Å². The quantitative estimate of drug-likeness (QED) is 0.815. The van der Waals surface area contributed by atoms with Crippen molar-refractivity contribution in [3.05, 3.63) is 39.7 Å². The molecule has 0 aliphatic carbocycles. The summed E-state index contributed by atoms with van der Waals surface area (Å²) in [6, 6.07) is 6.06. The number of hydrogen-bond acceptors (Lipinski definition) is 5. The normalized spacial score (nSPS) is 22.4. The Morgan fingerprint density at radius 3 is 2.56 bits per heavy atom. The van der Waals surface area contributed by atoms with Crippen LogP contribution in [0.5, 0.6) is 5.75 Å². The van der Waals surface area contributed by atoms with E-state index in [9.17, 15) is 4.79 Å². The number of piperidine rings is 1. The molecule has 1 saturated heterocycles. The Balaban J connectivity index is 1.72. The monoisotopic (exact) mass is 370 g/mol. The van der Waals surface area contributed by atoms with Gasteiger partial charge in [-0.05, 0) is 64.7 Å². The summed E-state index contributed by atoms with van der Waals surface area (Å²) in [6.07, 6.45) is 2.93. The topological polar surface area (TPSA) is 54.7 Å². The zero-order chi connectivity index (χ0) is 19.4. The molecule has 0 unspecified atom stereocenters. The second-order valence-corrected chi connectivity index (χ2v) is 9.34. The number of hydrogen-bond donors (Lipinski definition) is 1. The van der Waals surface area contributed by atoms with E-state index in [0.717, 1.165) is 48.1 Å². The fraction of sp³-hybridized carbons (Fsp3) is 0.591. The number of benzene rings is 1. The Bertz CT molecular complexity index is 913. The fourth-order valence-corrected chi connectivity index (χ4v) is 5.07. The Morgan fingerprint density at radius 2 is 1.89 bits per heavy atom. The minimum atomic E-state index is -0.283. The van der Waals surface area contributed by atoms with Gasteiger partial charge in [0.25, 0.3) is 0 Å². The summed E-state index contributed by atoms with van der Waals surface area (Å²) in [5.74, 6) is 0.836. The smallest absolute Gasteiger partial charge is 0.336 e. The highest BCUT2D eigenvalue weighted by Crippen LogP contribution is 2.37. The van der Waals surface area contributed by atoms with Crippen molar-refractivity contribution in [3.8, 4) is 5.75 Å². The van der Waals surface area contributed by atoms with E-state index in [1.54, 1.807) is 6.07 Å². The van der Waals surface area contributed by atoms with Crippen molar-refractivity contribution in [2.75, 3.05) is 6.73 Å². The molecule has 5 heteroatoms. The standard InChI is InChI=1S/C22H30N2O3/c1-6-14-9-19(25)27-20-16(14)7-8-18-17(20)12-24(13-26-18)15-10-21(2,3)23-22(4,5)11-15/h7-9,15,23H,6,10-13H2,1-5H3. The van der Waals surface area contributed by atoms with Crippen molar-refractivity contribution in [3.63, 3.8) is 0 Å². The molecular weight excluding hydrogens is 340 g/mol. The van der Waals surface area contributed by atoms with Crippen LogP contribution in [0.1, 0.15) is 58.6 Å². The molecule has 1 aromatic heterocycles. The van der Waals surface area contributed by atoms with Gasteiger partial charge in [0.15, 0.2) is 0 Å². The molecule has 5 nitrogen and oxygen atoms in total. The molecular formula is C22H30N2O3. The minimum absolute atomic E-state index is 0.0768. The van der Waals surface area contributed by atoms with E-state index >= 15 is 0 Å². The van der Waals surface area contributed by atoms with Gasteiger partial charge in [-0.2, -0.15) is 0 Å². The molecule has 27 heavy (non-hydrogen) atoms. The average Bonchev–Trinajstić information content (AvgIpc) is 2.57. The predicted octanol–water partition coefficient (Wildman–Crippen LogP) is 3.82. The van der Waals surface area contributed by atoms with Crippen molar-refractivity contribution in [2.24, 2.45) is 0 Å². The maximum Gasteiger partial charge on any atom is 0.336 e. The lowest BCUT2D eigenvalue weighted by atomic mass is 9.79. The maximum absolute atomic E-state index is 12.1.